The molecule has 0 fully saturated rings. The van der Waals surface area contributed by atoms with Gasteiger partial charge in [0.2, 0.25) is 0 Å². The van der Waals surface area contributed by atoms with E-state index in [1.165, 1.54) is 177 Å². The van der Waals surface area contributed by atoms with Crippen LogP contribution in [0.5, 0.6) is 0 Å². The lowest BCUT2D eigenvalue weighted by atomic mass is 9.82. The molecule has 0 saturated carbocycles. The van der Waals surface area contributed by atoms with Gasteiger partial charge in [-0.25, -0.2) is 0 Å². The Hall–Kier alpha value is -18.1. The third-order valence-electron chi connectivity index (χ3n) is 29.6. The number of nitrogens with zero attached hydrogens (tertiary/aromatic N) is 6. The van der Waals surface area contributed by atoms with Gasteiger partial charge < -0.3 is 32.8 Å². The van der Waals surface area contributed by atoms with Crippen LogP contribution in [0, 0.1) is 0 Å². The van der Waals surface area contributed by atoms with Gasteiger partial charge in [-0.05, 0) is 260 Å². The molecular weight excluding hydrogens is 1790 g/mol. The minimum atomic E-state index is -0.104. The first-order chi connectivity index (χ1) is 71.2. The van der Waals surface area contributed by atoms with Gasteiger partial charge in [0.15, 0.2) is 5.58 Å². The topological polar surface area (TPSA) is 37.6 Å². The van der Waals surface area contributed by atoms with Gasteiger partial charge in [0.05, 0.1) is 54.9 Å². The standard InChI is InChI=1S/C49H34N2S.C46H30N2O.C40H26N2S/c1-49(2)43-18-10-8-16-37(43)38-23-20-35(29-44(38)49)50(34-22-25-48-42(28-34)40-17-9-11-19-47(40)52-48)36-21-24-39-41-26-31-12-6-7-13-32(31)27-45(41)51(46(39)30-36)33-14-4-3-5-15-33;1-3-12-31(13-4-1)32-22-24-36(25-23-32)47(43-20-11-19-39-38-18-9-10-21-45(38)49-46(39)43)37-26-27-42-41(30-37)40-28-33-14-7-8-15-34(33)29-44(40)48(42)35-16-5-2-6-17-35;1-3-15-29(16-4-1)41(36-23-12-21-33-31-19-9-10-24-38(31)43-40(33)36)35-22-11-20-32-34-25-27-13-7-8-14-28(27)26-37(34)42(39(32)35)30-17-5-2-6-18-30/h3-30H,1-2H3;1-30H;1-26H. The van der Waals surface area contributed by atoms with Crippen molar-refractivity contribution in [2.24, 2.45) is 0 Å². The quantitative estimate of drug-likeness (QED) is 0.115. The van der Waals surface area contributed by atoms with Gasteiger partial charge in [0.25, 0.3) is 0 Å². The monoisotopic (exact) mass is 1870 g/mol. The lowest BCUT2D eigenvalue weighted by Gasteiger charge is -2.28. The molecule has 144 heavy (non-hydrogen) atoms. The Balaban J connectivity index is 0.000000106. The SMILES string of the molecule is CC1(C)c2ccccc2-c2ccc(N(c3ccc4sc5ccccc5c4c3)c3ccc4c5cc6ccccc6cc5n(-c5ccccc5)c4c3)cc21.c1ccc(-c2ccc(N(c3ccc4c(c3)c3cc5ccccc5cc3n4-c3ccccc3)c3cccc4c3oc3ccccc34)cc2)cc1.c1ccc(N(c2cccc3c2sc2ccccc23)c2cccc3c4cc5ccccc5cc4n(-c4ccccc4)c23)cc1. The van der Waals surface area contributed by atoms with E-state index in [4.69, 9.17) is 4.42 Å². The van der Waals surface area contributed by atoms with Crippen LogP contribution in [0.15, 0.2) is 514 Å². The lowest BCUT2D eigenvalue weighted by Crippen LogP contribution is -2.16. The number of aromatic nitrogens is 3. The Morgan fingerprint density at radius 1 is 0.215 bits per heavy atom. The largest absolute Gasteiger partial charge is 0.454 e. The number of hydrogen-bond donors (Lipinski definition) is 0. The summed E-state index contributed by atoms with van der Waals surface area (Å²) in [7, 11) is 0. The Labute approximate surface area is 839 Å². The third kappa shape index (κ3) is 13.9. The van der Waals surface area contributed by atoms with Crippen LogP contribution in [0.3, 0.4) is 0 Å². The molecule has 23 aromatic carbocycles. The number of benzene rings is 23. The lowest BCUT2D eigenvalue weighted by molar-refractivity contribution is 0.660. The second kappa shape index (κ2) is 34.2. The van der Waals surface area contributed by atoms with E-state index in [9.17, 15) is 0 Å². The summed E-state index contributed by atoms with van der Waals surface area (Å²) in [4.78, 5) is 7.26. The molecule has 0 amide bonds. The van der Waals surface area contributed by atoms with E-state index in [-0.39, 0.29) is 5.41 Å². The molecule has 0 aliphatic heterocycles. The summed E-state index contributed by atoms with van der Waals surface area (Å²) in [5.74, 6) is 0. The van der Waals surface area contributed by atoms with Gasteiger partial charge >= 0.3 is 0 Å². The maximum absolute atomic E-state index is 6.62. The number of para-hydroxylation sites is 7. The second-order valence-electron chi connectivity index (χ2n) is 38.2. The summed E-state index contributed by atoms with van der Waals surface area (Å²) < 4.78 is 19.1. The fourth-order valence-electron chi connectivity index (χ4n) is 22.9. The van der Waals surface area contributed by atoms with E-state index >= 15 is 0 Å². The van der Waals surface area contributed by atoms with E-state index < -0.39 is 0 Å². The summed E-state index contributed by atoms with van der Waals surface area (Å²) in [6.45, 7) is 4.73. The van der Waals surface area contributed by atoms with E-state index in [0.29, 0.717) is 0 Å². The number of hydrogen-bond acceptors (Lipinski definition) is 6. The summed E-state index contributed by atoms with van der Waals surface area (Å²) in [6.07, 6.45) is 0. The summed E-state index contributed by atoms with van der Waals surface area (Å²) in [5, 5.41) is 22.3. The highest BCUT2D eigenvalue weighted by Crippen LogP contribution is 2.55. The minimum Gasteiger partial charge on any atom is -0.454 e. The number of anilines is 9. The first-order valence-electron chi connectivity index (χ1n) is 49.3. The van der Waals surface area contributed by atoms with Gasteiger partial charge in [0.1, 0.15) is 5.58 Å². The van der Waals surface area contributed by atoms with Crippen LogP contribution in [-0.2, 0) is 5.41 Å². The fraction of sp³-hybridized carbons (Fsp3) is 0.0222. The highest BCUT2D eigenvalue weighted by Gasteiger charge is 2.37. The molecule has 0 bridgehead atoms. The molecule has 0 radical (unpaired) electrons. The first-order valence-corrected chi connectivity index (χ1v) is 50.9. The summed E-state index contributed by atoms with van der Waals surface area (Å²) in [6, 6.07) is 185. The maximum Gasteiger partial charge on any atom is 0.159 e. The zero-order valence-electron chi connectivity index (χ0n) is 78.9. The maximum atomic E-state index is 6.62. The van der Waals surface area contributed by atoms with E-state index in [1.54, 1.807) is 0 Å². The van der Waals surface area contributed by atoms with Crippen LogP contribution in [0.25, 0.3) is 199 Å². The predicted molar refractivity (Wildman–Crippen MR) is 615 cm³/mol. The molecule has 6 aromatic heterocycles. The summed E-state index contributed by atoms with van der Waals surface area (Å²) >= 11 is 3.74. The molecule has 1 aliphatic carbocycles. The minimum absolute atomic E-state index is 0.104. The molecular formula is C135H90N6OS2. The highest BCUT2D eigenvalue weighted by molar-refractivity contribution is 7.26. The molecule has 0 N–H and O–H groups in total. The van der Waals surface area contributed by atoms with Crippen molar-refractivity contribution in [1.82, 2.24) is 13.7 Å². The van der Waals surface area contributed by atoms with Gasteiger partial charge in [-0.3, -0.25) is 0 Å². The molecule has 0 unspecified atom stereocenters. The van der Waals surface area contributed by atoms with Crippen LogP contribution in [0.1, 0.15) is 25.0 Å². The van der Waals surface area contributed by atoms with Gasteiger partial charge in [-0.2, -0.15) is 0 Å². The van der Waals surface area contributed by atoms with Crippen LogP contribution < -0.4 is 14.7 Å². The molecule has 29 aromatic rings. The van der Waals surface area contributed by atoms with Crippen molar-refractivity contribution in [3.8, 4) is 39.3 Å². The molecule has 30 rings (SSSR count). The van der Waals surface area contributed by atoms with Gasteiger partial charge in [-0.15, -0.1) is 22.7 Å². The van der Waals surface area contributed by atoms with Crippen molar-refractivity contribution < 1.29 is 4.42 Å². The van der Waals surface area contributed by atoms with E-state index in [0.717, 1.165) is 84.5 Å². The van der Waals surface area contributed by atoms with Crippen molar-refractivity contribution in [1.29, 1.82) is 0 Å². The Bertz CT molecular complexity index is 10200. The van der Waals surface area contributed by atoms with Crippen molar-refractivity contribution in [2.45, 2.75) is 19.3 Å². The molecule has 0 atom stereocenters. The number of thiophene rings is 2. The third-order valence-corrected chi connectivity index (χ3v) is 32.0. The zero-order valence-corrected chi connectivity index (χ0v) is 80.5. The number of furan rings is 1. The van der Waals surface area contributed by atoms with Crippen molar-refractivity contribution in [3.63, 3.8) is 0 Å². The van der Waals surface area contributed by atoms with E-state index in [2.05, 4.69) is 540 Å². The van der Waals surface area contributed by atoms with Crippen LogP contribution in [0.4, 0.5) is 51.2 Å². The number of fused-ring (bicyclic) bond motifs is 24. The first kappa shape index (κ1) is 84.0. The Kier molecular flexibility index (Phi) is 19.9. The van der Waals surface area contributed by atoms with Crippen LogP contribution in [-0.4, -0.2) is 13.7 Å². The van der Waals surface area contributed by atoms with Crippen LogP contribution in [0.2, 0.25) is 0 Å². The zero-order chi connectivity index (χ0) is 95.2. The molecule has 9 heteroatoms. The number of rotatable bonds is 13. The average molecular weight is 1880 g/mol. The van der Waals surface area contributed by atoms with Gasteiger partial charge in [-0.1, -0.05) is 329 Å². The van der Waals surface area contributed by atoms with E-state index in [1.807, 2.05) is 34.8 Å². The molecule has 1 aliphatic rings. The fourth-order valence-corrected chi connectivity index (χ4v) is 25.2. The van der Waals surface area contributed by atoms with Gasteiger partial charge in [0, 0.05) is 135 Å². The van der Waals surface area contributed by atoms with Crippen molar-refractivity contribution in [2.75, 3.05) is 14.7 Å². The average Bonchev–Trinajstić information content (AvgIpc) is 1.56. The predicted octanol–water partition coefficient (Wildman–Crippen LogP) is 38.8. The summed E-state index contributed by atoms with van der Waals surface area (Å²) in [5.41, 5.74) is 30.1. The Morgan fingerprint density at radius 2 is 0.625 bits per heavy atom. The molecule has 7 nitrogen and oxygen atoms in total. The smallest absolute Gasteiger partial charge is 0.159 e. The van der Waals surface area contributed by atoms with Crippen molar-refractivity contribution >= 4 is 234 Å². The highest BCUT2D eigenvalue weighted by atomic mass is 32.1. The second-order valence-corrected chi connectivity index (χ2v) is 40.3. The molecule has 6 heterocycles. The molecule has 678 valence electrons. The molecule has 0 saturated heterocycles. The van der Waals surface area contributed by atoms with Crippen LogP contribution >= 0.6 is 22.7 Å². The normalized spacial score (nSPS) is 12.3. The molecule has 0 spiro atoms. The Morgan fingerprint density at radius 3 is 1.28 bits per heavy atom. The van der Waals surface area contributed by atoms with Crippen molar-refractivity contribution in [3.05, 3.63) is 521 Å².